The lowest BCUT2D eigenvalue weighted by Gasteiger charge is -2.32. The third kappa shape index (κ3) is 2.79. The van der Waals surface area contributed by atoms with Gasteiger partial charge in [-0.3, -0.25) is 0 Å². The Bertz CT molecular complexity index is 443. The molecule has 3 heterocycles. The number of imidazole rings is 1. The Morgan fingerprint density at radius 3 is 3.05 bits per heavy atom. The lowest BCUT2D eigenvalue weighted by Crippen LogP contribution is -2.41. The van der Waals surface area contributed by atoms with Crippen LogP contribution in [0.15, 0.2) is 6.20 Å². The molecule has 1 aromatic heterocycles. The summed E-state index contributed by atoms with van der Waals surface area (Å²) in [5.41, 5.74) is 0.0508. The van der Waals surface area contributed by atoms with Gasteiger partial charge in [-0.1, -0.05) is 11.6 Å². The van der Waals surface area contributed by atoms with E-state index in [1.807, 2.05) is 11.6 Å². The number of hydrogen-bond donors (Lipinski definition) is 1. The number of nitrogens with one attached hydrogen (secondary N) is 1. The summed E-state index contributed by atoms with van der Waals surface area (Å²) in [5, 5.41) is 4.01. The van der Waals surface area contributed by atoms with Crippen LogP contribution in [0.4, 0.5) is 0 Å². The Balaban J connectivity index is 1.53. The molecule has 2 aliphatic heterocycles. The SMILES string of the molecule is Cn1c(Cl)cnc1COC1COC2(CCNCC2)C1. The second kappa shape index (κ2) is 5.40. The molecule has 3 rings (SSSR count). The molecule has 106 valence electrons. The van der Waals surface area contributed by atoms with Crippen LogP contribution in [-0.2, 0) is 23.1 Å². The van der Waals surface area contributed by atoms with E-state index in [1.165, 1.54) is 0 Å². The molecule has 0 aromatic carbocycles. The Labute approximate surface area is 118 Å². The average Bonchev–Trinajstić information content (AvgIpc) is 2.95. The quantitative estimate of drug-likeness (QED) is 0.914. The highest BCUT2D eigenvalue weighted by molar-refractivity contribution is 6.29. The molecule has 2 fully saturated rings. The van der Waals surface area contributed by atoms with Gasteiger partial charge in [0, 0.05) is 13.5 Å². The third-order valence-corrected chi connectivity index (χ3v) is 4.52. The number of rotatable bonds is 3. The van der Waals surface area contributed by atoms with Gasteiger partial charge in [-0.25, -0.2) is 4.98 Å². The number of ether oxygens (including phenoxy) is 2. The van der Waals surface area contributed by atoms with Gasteiger partial charge in [-0.15, -0.1) is 0 Å². The fourth-order valence-electron chi connectivity index (χ4n) is 2.89. The van der Waals surface area contributed by atoms with E-state index in [0.29, 0.717) is 18.4 Å². The predicted molar refractivity (Wildman–Crippen MR) is 72.2 cm³/mol. The van der Waals surface area contributed by atoms with Gasteiger partial charge in [0.05, 0.1) is 24.5 Å². The number of piperidine rings is 1. The van der Waals surface area contributed by atoms with Crippen LogP contribution in [0.3, 0.4) is 0 Å². The topological polar surface area (TPSA) is 48.3 Å². The number of nitrogens with zero attached hydrogens (tertiary/aromatic N) is 2. The van der Waals surface area contributed by atoms with Crippen molar-refractivity contribution in [3.05, 3.63) is 17.2 Å². The van der Waals surface area contributed by atoms with Crippen LogP contribution in [0.5, 0.6) is 0 Å². The third-order valence-electron chi connectivity index (χ3n) is 4.17. The highest BCUT2D eigenvalue weighted by Crippen LogP contribution is 2.35. The van der Waals surface area contributed by atoms with E-state index < -0.39 is 0 Å². The normalized spacial score (nSPS) is 26.1. The van der Waals surface area contributed by atoms with E-state index in [1.54, 1.807) is 6.20 Å². The molecule has 1 spiro atoms. The van der Waals surface area contributed by atoms with Gasteiger partial charge in [0.25, 0.3) is 0 Å². The zero-order valence-corrected chi connectivity index (χ0v) is 11.9. The van der Waals surface area contributed by atoms with E-state index in [4.69, 9.17) is 21.1 Å². The summed E-state index contributed by atoms with van der Waals surface area (Å²) < 4.78 is 13.8. The molecule has 19 heavy (non-hydrogen) atoms. The molecule has 1 atom stereocenters. The minimum absolute atomic E-state index is 0.0508. The lowest BCUT2D eigenvalue weighted by atomic mass is 9.89. The van der Waals surface area contributed by atoms with Crippen molar-refractivity contribution in [2.24, 2.45) is 7.05 Å². The predicted octanol–water partition coefficient (Wildman–Crippen LogP) is 1.50. The maximum Gasteiger partial charge on any atom is 0.135 e. The second-order valence-electron chi connectivity index (χ2n) is 5.44. The van der Waals surface area contributed by atoms with Gasteiger partial charge < -0.3 is 19.4 Å². The largest absolute Gasteiger partial charge is 0.372 e. The summed E-state index contributed by atoms with van der Waals surface area (Å²) >= 11 is 5.95. The van der Waals surface area contributed by atoms with Crippen LogP contribution >= 0.6 is 11.6 Å². The lowest BCUT2D eigenvalue weighted by molar-refractivity contribution is -0.0244. The standard InChI is InChI=1S/C13H20ClN3O2/c1-17-11(14)7-16-12(17)9-18-10-6-13(19-8-10)2-4-15-5-3-13/h7,10,15H,2-6,8-9H2,1H3. The maximum atomic E-state index is 6.00. The van der Waals surface area contributed by atoms with E-state index in [9.17, 15) is 0 Å². The fraction of sp³-hybridized carbons (Fsp3) is 0.769. The van der Waals surface area contributed by atoms with Gasteiger partial charge in [-0.2, -0.15) is 0 Å². The minimum Gasteiger partial charge on any atom is -0.372 e. The van der Waals surface area contributed by atoms with Crippen LogP contribution in [0.25, 0.3) is 0 Å². The summed E-state index contributed by atoms with van der Waals surface area (Å²) in [7, 11) is 1.90. The Hall–Kier alpha value is -0.620. The van der Waals surface area contributed by atoms with Crippen molar-refractivity contribution in [1.82, 2.24) is 14.9 Å². The molecule has 1 aromatic rings. The van der Waals surface area contributed by atoms with Crippen LogP contribution in [0, 0.1) is 0 Å². The molecule has 6 heteroatoms. The number of halogens is 1. The molecule has 5 nitrogen and oxygen atoms in total. The van der Waals surface area contributed by atoms with E-state index >= 15 is 0 Å². The van der Waals surface area contributed by atoms with Crippen molar-refractivity contribution < 1.29 is 9.47 Å². The van der Waals surface area contributed by atoms with Crippen LogP contribution < -0.4 is 5.32 Å². The first-order chi connectivity index (χ1) is 9.19. The zero-order chi connectivity index (χ0) is 13.3. The van der Waals surface area contributed by atoms with Gasteiger partial charge in [0.2, 0.25) is 0 Å². The molecule has 2 aliphatic rings. The number of aromatic nitrogens is 2. The average molecular weight is 286 g/mol. The molecular formula is C13H20ClN3O2. The molecule has 0 bridgehead atoms. The molecule has 0 amide bonds. The first-order valence-electron chi connectivity index (χ1n) is 6.81. The van der Waals surface area contributed by atoms with Gasteiger partial charge >= 0.3 is 0 Å². The summed E-state index contributed by atoms with van der Waals surface area (Å²) in [5.74, 6) is 0.858. The van der Waals surface area contributed by atoms with Crippen LogP contribution in [0.1, 0.15) is 25.1 Å². The fourth-order valence-corrected chi connectivity index (χ4v) is 3.04. The summed E-state index contributed by atoms with van der Waals surface area (Å²) in [6, 6.07) is 0. The number of hydrogen-bond acceptors (Lipinski definition) is 4. The smallest absolute Gasteiger partial charge is 0.135 e. The minimum atomic E-state index is 0.0508. The van der Waals surface area contributed by atoms with Gasteiger partial charge in [0.15, 0.2) is 0 Å². The molecule has 0 aliphatic carbocycles. The molecule has 0 radical (unpaired) electrons. The monoisotopic (exact) mass is 285 g/mol. The van der Waals surface area contributed by atoms with E-state index in [-0.39, 0.29) is 11.7 Å². The first kappa shape index (κ1) is 13.4. The van der Waals surface area contributed by atoms with Crippen molar-refractivity contribution in [1.29, 1.82) is 0 Å². The van der Waals surface area contributed by atoms with Gasteiger partial charge in [0.1, 0.15) is 17.6 Å². The van der Waals surface area contributed by atoms with Crippen LogP contribution in [0.2, 0.25) is 5.15 Å². The van der Waals surface area contributed by atoms with E-state index in [2.05, 4.69) is 10.3 Å². The highest BCUT2D eigenvalue weighted by atomic mass is 35.5. The Kier molecular flexibility index (Phi) is 3.80. The van der Waals surface area contributed by atoms with Crippen molar-refractivity contribution in [2.45, 2.75) is 37.6 Å². The molecule has 2 saturated heterocycles. The van der Waals surface area contributed by atoms with Crippen LogP contribution in [-0.4, -0.2) is 41.0 Å². The molecule has 1 unspecified atom stereocenters. The zero-order valence-electron chi connectivity index (χ0n) is 11.2. The van der Waals surface area contributed by atoms with Gasteiger partial charge in [-0.05, 0) is 25.9 Å². The molecular weight excluding hydrogens is 266 g/mol. The van der Waals surface area contributed by atoms with Crippen molar-refractivity contribution in [2.75, 3.05) is 19.7 Å². The first-order valence-corrected chi connectivity index (χ1v) is 7.19. The maximum absolute atomic E-state index is 6.00. The Morgan fingerprint density at radius 1 is 1.58 bits per heavy atom. The van der Waals surface area contributed by atoms with Crippen molar-refractivity contribution in [3.63, 3.8) is 0 Å². The summed E-state index contributed by atoms with van der Waals surface area (Å²) in [6.45, 7) is 3.27. The van der Waals surface area contributed by atoms with Crippen molar-refractivity contribution >= 4 is 11.6 Å². The second-order valence-corrected chi connectivity index (χ2v) is 5.82. The van der Waals surface area contributed by atoms with Crippen molar-refractivity contribution in [3.8, 4) is 0 Å². The molecule has 1 N–H and O–H groups in total. The van der Waals surface area contributed by atoms with E-state index in [0.717, 1.165) is 38.2 Å². The highest BCUT2D eigenvalue weighted by Gasteiger charge is 2.41. The Morgan fingerprint density at radius 2 is 2.37 bits per heavy atom. The molecule has 0 saturated carbocycles. The summed E-state index contributed by atoms with van der Waals surface area (Å²) in [6.07, 6.45) is 4.99. The summed E-state index contributed by atoms with van der Waals surface area (Å²) in [4.78, 5) is 4.24.